The van der Waals surface area contributed by atoms with E-state index in [1.54, 1.807) is 18.5 Å². The van der Waals surface area contributed by atoms with Crippen LogP contribution < -0.4 is 10.6 Å². The summed E-state index contributed by atoms with van der Waals surface area (Å²) in [5.41, 5.74) is 13.2. The number of rotatable bonds is 3. The highest BCUT2D eigenvalue weighted by Gasteiger charge is 2.25. The largest absolute Gasteiger partial charge is 0.508 e. The summed E-state index contributed by atoms with van der Waals surface area (Å²) in [7, 11) is 0. The Morgan fingerprint density at radius 1 is 0.973 bits per heavy atom. The van der Waals surface area contributed by atoms with Gasteiger partial charge < -0.3 is 20.6 Å². The lowest BCUT2D eigenvalue weighted by molar-refractivity contribution is 0.0714. The molecule has 37 heavy (non-hydrogen) atoms. The van der Waals surface area contributed by atoms with E-state index in [0.717, 1.165) is 77.9 Å². The summed E-state index contributed by atoms with van der Waals surface area (Å²) in [5.74, 6) is 1.22. The van der Waals surface area contributed by atoms with E-state index in [1.807, 2.05) is 23.1 Å². The fourth-order valence-corrected chi connectivity index (χ4v) is 5.59. The lowest BCUT2D eigenvalue weighted by Crippen LogP contribution is -2.43. The Morgan fingerprint density at radius 3 is 2.62 bits per heavy atom. The van der Waals surface area contributed by atoms with Gasteiger partial charge in [0.05, 0.1) is 5.52 Å². The Balaban J connectivity index is 1.33. The van der Waals surface area contributed by atoms with Crippen molar-refractivity contribution < 1.29 is 9.90 Å². The van der Waals surface area contributed by atoms with E-state index >= 15 is 0 Å². The van der Waals surface area contributed by atoms with Crippen LogP contribution in [-0.4, -0.2) is 51.6 Å². The Morgan fingerprint density at radius 2 is 1.81 bits per heavy atom. The second-order valence-electron chi connectivity index (χ2n) is 10.2. The van der Waals surface area contributed by atoms with E-state index < -0.39 is 0 Å². The van der Waals surface area contributed by atoms with Gasteiger partial charge in [-0.15, -0.1) is 0 Å². The van der Waals surface area contributed by atoms with Gasteiger partial charge in [0, 0.05) is 43.2 Å². The number of aromatic hydroxyl groups is 1. The zero-order valence-corrected chi connectivity index (χ0v) is 21.0. The molecule has 1 amide bonds. The van der Waals surface area contributed by atoms with E-state index in [4.69, 9.17) is 10.7 Å². The number of phenolic OH excluding ortho intramolecular Hbond substituents is 1. The van der Waals surface area contributed by atoms with E-state index in [2.05, 4.69) is 41.1 Å². The predicted octanol–water partition coefficient (Wildman–Crippen LogP) is 4.44. The summed E-state index contributed by atoms with van der Waals surface area (Å²) in [6.45, 7) is 5.02. The number of carbonyl (C=O) groups is 1. The quantitative estimate of drug-likeness (QED) is 0.438. The number of nitrogens with zero attached hydrogens (tertiary/aromatic N) is 4. The molecule has 3 aromatic carbocycles. The zero-order chi connectivity index (χ0) is 25.5. The highest BCUT2D eigenvalue weighted by molar-refractivity contribution is 5.96. The van der Waals surface area contributed by atoms with E-state index in [9.17, 15) is 9.90 Å². The molecule has 7 heteroatoms. The number of aryl methyl sites for hydroxylation is 1. The number of carbonyl (C=O) groups excluding carboxylic acids is 1. The summed E-state index contributed by atoms with van der Waals surface area (Å²) >= 11 is 0. The molecule has 0 aliphatic carbocycles. The fourth-order valence-electron chi connectivity index (χ4n) is 5.59. The second-order valence-corrected chi connectivity index (χ2v) is 10.2. The molecule has 2 aliphatic rings. The Kier molecular flexibility index (Phi) is 6.00. The Hall–Kier alpha value is -3.97. The smallest absolute Gasteiger partial charge is 0.253 e. The van der Waals surface area contributed by atoms with E-state index in [-0.39, 0.29) is 17.7 Å². The van der Waals surface area contributed by atoms with Gasteiger partial charge >= 0.3 is 0 Å². The highest BCUT2D eigenvalue weighted by Crippen LogP contribution is 2.34. The summed E-state index contributed by atoms with van der Waals surface area (Å²) in [5, 5.41) is 11.0. The predicted molar refractivity (Wildman–Crippen MR) is 146 cm³/mol. The number of benzene rings is 3. The molecule has 1 saturated heterocycles. The van der Waals surface area contributed by atoms with Crippen molar-refractivity contribution >= 4 is 22.6 Å². The standard InChI is InChI=1S/C30H31N5O2/c1-19-13-23(21-3-2-4-26(36)15-21)16-27-28(19)32-18-33-29(27)35-10-7-20-5-6-22(14-24(20)17-35)30(37)34-11-8-25(31)9-12-34/h2-6,13-16,18,25,36H,7-12,17,31H2,1H3. The topological polar surface area (TPSA) is 95.6 Å². The molecule has 0 bridgehead atoms. The van der Waals surface area contributed by atoms with E-state index in [1.165, 1.54) is 11.1 Å². The van der Waals surface area contributed by atoms with Gasteiger partial charge in [-0.05, 0) is 90.4 Å². The van der Waals surface area contributed by atoms with E-state index in [0.29, 0.717) is 6.54 Å². The minimum absolute atomic E-state index is 0.0886. The van der Waals surface area contributed by atoms with Crippen molar-refractivity contribution in [2.75, 3.05) is 24.5 Å². The van der Waals surface area contributed by atoms with Crippen LogP contribution in [0.25, 0.3) is 22.0 Å². The number of likely N-dealkylation sites (tertiary alicyclic amines) is 1. The van der Waals surface area contributed by atoms with Crippen LogP contribution in [-0.2, 0) is 13.0 Å². The molecule has 4 aromatic rings. The lowest BCUT2D eigenvalue weighted by Gasteiger charge is -2.32. The molecule has 7 nitrogen and oxygen atoms in total. The number of phenols is 1. The van der Waals surface area contributed by atoms with Crippen molar-refractivity contribution in [1.29, 1.82) is 0 Å². The molecular formula is C30H31N5O2. The number of amides is 1. The number of aromatic nitrogens is 2. The summed E-state index contributed by atoms with van der Waals surface area (Å²) in [4.78, 5) is 26.7. The van der Waals surface area contributed by atoms with Crippen molar-refractivity contribution in [2.24, 2.45) is 5.73 Å². The fraction of sp³-hybridized carbons (Fsp3) is 0.300. The van der Waals surface area contributed by atoms with Crippen LogP contribution in [0.2, 0.25) is 0 Å². The minimum atomic E-state index is 0.0886. The van der Waals surface area contributed by atoms with Gasteiger partial charge in [0.2, 0.25) is 0 Å². The molecule has 188 valence electrons. The number of nitrogens with two attached hydrogens (primary N) is 1. The number of hydrogen-bond donors (Lipinski definition) is 2. The van der Waals surface area contributed by atoms with Crippen molar-refractivity contribution in [1.82, 2.24) is 14.9 Å². The molecule has 0 spiro atoms. The van der Waals surface area contributed by atoms with Crippen molar-refractivity contribution in [3.63, 3.8) is 0 Å². The molecule has 3 N–H and O–H groups in total. The summed E-state index contributed by atoms with van der Waals surface area (Å²) in [6.07, 6.45) is 4.23. The maximum atomic E-state index is 13.2. The number of piperidine rings is 1. The molecule has 1 fully saturated rings. The van der Waals surface area contributed by atoms with Crippen LogP contribution in [0.15, 0.2) is 60.9 Å². The monoisotopic (exact) mass is 493 g/mol. The molecule has 2 aliphatic heterocycles. The number of anilines is 1. The molecule has 0 saturated carbocycles. The van der Waals surface area contributed by atoms with Crippen LogP contribution in [0.4, 0.5) is 5.82 Å². The average Bonchev–Trinajstić information content (AvgIpc) is 2.92. The third-order valence-electron chi connectivity index (χ3n) is 7.68. The van der Waals surface area contributed by atoms with Gasteiger partial charge in [0.15, 0.2) is 0 Å². The van der Waals surface area contributed by atoms with Crippen LogP contribution in [0.1, 0.15) is 39.9 Å². The van der Waals surface area contributed by atoms with Crippen LogP contribution in [0, 0.1) is 6.92 Å². The molecule has 3 heterocycles. The highest BCUT2D eigenvalue weighted by atomic mass is 16.3. The first-order chi connectivity index (χ1) is 18.0. The van der Waals surface area contributed by atoms with Gasteiger partial charge in [-0.3, -0.25) is 4.79 Å². The van der Waals surface area contributed by atoms with Gasteiger partial charge in [-0.25, -0.2) is 9.97 Å². The first-order valence-corrected chi connectivity index (χ1v) is 12.9. The molecule has 0 atom stereocenters. The lowest BCUT2D eigenvalue weighted by atomic mass is 9.95. The van der Waals surface area contributed by atoms with Crippen molar-refractivity contribution in [3.05, 3.63) is 83.2 Å². The van der Waals surface area contributed by atoms with Crippen LogP contribution in [0.3, 0.4) is 0 Å². The maximum absolute atomic E-state index is 13.2. The van der Waals surface area contributed by atoms with Crippen molar-refractivity contribution in [2.45, 2.75) is 38.8 Å². The number of hydrogen-bond acceptors (Lipinski definition) is 6. The first-order valence-electron chi connectivity index (χ1n) is 12.9. The van der Waals surface area contributed by atoms with Gasteiger partial charge in [0.1, 0.15) is 17.9 Å². The molecular weight excluding hydrogens is 462 g/mol. The van der Waals surface area contributed by atoms with Gasteiger partial charge in [-0.1, -0.05) is 18.2 Å². The first kappa shape index (κ1) is 23.4. The van der Waals surface area contributed by atoms with Gasteiger partial charge in [-0.2, -0.15) is 0 Å². The Bertz CT molecular complexity index is 1490. The van der Waals surface area contributed by atoms with Crippen molar-refractivity contribution in [3.8, 4) is 16.9 Å². The van der Waals surface area contributed by atoms with Crippen LogP contribution >= 0.6 is 0 Å². The molecule has 0 radical (unpaired) electrons. The number of fused-ring (bicyclic) bond motifs is 2. The minimum Gasteiger partial charge on any atom is -0.508 e. The zero-order valence-electron chi connectivity index (χ0n) is 21.0. The maximum Gasteiger partial charge on any atom is 0.253 e. The SMILES string of the molecule is Cc1cc(-c2cccc(O)c2)cc2c(N3CCc4ccc(C(=O)N5CCC(N)CC5)cc4C3)ncnc12. The summed E-state index contributed by atoms with van der Waals surface area (Å²) < 4.78 is 0. The molecule has 1 aromatic heterocycles. The molecule has 6 rings (SSSR count). The third kappa shape index (κ3) is 4.51. The third-order valence-corrected chi connectivity index (χ3v) is 7.68. The molecule has 0 unspecified atom stereocenters. The second kappa shape index (κ2) is 9.48. The van der Waals surface area contributed by atoms with Gasteiger partial charge in [0.25, 0.3) is 5.91 Å². The average molecular weight is 494 g/mol. The Labute approximate surface area is 216 Å². The normalized spacial score (nSPS) is 16.2. The van der Waals surface area contributed by atoms with Crippen LogP contribution in [0.5, 0.6) is 5.75 Å². The summed E-state index contributed by atoms with van der Waals surface area (Å²) in [6, 6.07) is 17.8.